The molecule has 3 amide bonds. The van der Waals surface area contributed by atoms with Crippen LogP contribution in [0.4, 0.5) is 0 Å². The van der Waals surface area contributed by atoms with Crippen molar-refractivity contribution in [2.75, 3.05) is 39.5 Å². The van der Waals surface area contributed by atoms with Crippen LogP contribution < -0.4 is 16.4 Å². The number of Topliss-reactive ketones (excluding diaryl/α,β-unsaturated/α-hetero) is 1. The van der Waals surface area contributed by atoms with E-state index in [1.54, 1.807) is 11.3 Å². The summed E-state index contributed by atoms with van der Waals surface area (Å²) in [7, 11) is 0. The number of nitrogens with zero attached hydrogens (tertiary/aromatic N) is 2. The standard InChI is InChI=1S/C33H49N5O7S/c1-22-29(46-21-36-22)24-9-7-23(8-10-24)19-35-31(42)27-18-26(40)20-38(27)32(43)30(33(2,3)4)37-28(41)12-11-25(39)6-5-14-44-16-17-45-15-13-34/h7-10,21,26-27,30,40H,5-6,11-20,34H2,1-4H3,(H,35,42)(H,37,41)/t26-,27+,30-/m1/s1. The number of amides is 3. The predicted octanol–water partition coefficient (Wildman–Crippen LogP) is 2.35. The van der Waals surface area contributed by atoms with Crippen LogP contribution in [0.25, 0.3) is 10.4 Å². The molecule has 0 saturated carbocycles. The minimum atomic E-state index is -0.951. The van der Waals surface area contributed by atoms with E-state index >= 15 is 0 Å². The molecular formula is C33H49N5O7S. The van der Waals surface area contributed by atoms with Crippen LogP contribution in [0.1, 0.15) is 64.1 Å². The van der Waals surface area contributed by atoms with Gasteiger partial charge in [-0.1, -0.05) is 45.0 Å². The molecule has 46 heavy (non-hydrogen) atoms. The van der Waals surface area contributed by atoms with Gasteiger partial charge in [0.25, 0.3) is 0 Å². The van der Waals surface area contributed by atoms with E-state index in [-0.39, 0.29) is 50.5 Å². The fourth-order valence-corrected chi connectivity index (χ4v) is 5.98. The number of hydrogen-bond donors (Lipinski definition) is 4. The molecule has 3 rings (SSSR count). The number of aliphatic hydroxyl groups excluding tert-OH is 1. The molecule has 0 unspecified atom stereocenters. The molecule has 3 atom stereocenters. The molecular weight excluding hydrogens is 610 g/mol. The Kier molecular flexibility index (Phi) is 14.7. The summed E-state index contributed by atoms with van der Waals surface area (Å²) in [6.07, 6.45) is 0.0637. The summed E-state index contributed by atoms with van der Waals surface area (Å²) < 4.78 is 10.6. The van der Waals surface area contributed by atoms with Gasteiger partial charge >= 0.3 is 0 Å². The number of benzene rings is 1. The topological polar surface area (TPSA) is 173 Å². The minimum Gasteiger partial charge on any atom is -0.391 e. The zero-order valence-electron chi connectivity index (χ0n) is 27.4. The smallest absolute Gasteiger partial charge is 0.246 e. The number of aliphatic hydroxyl groups is 1. The van der Waals surface area contributed by atoms with Crippen molar-refractivity contribution in [1.82, 2.24) is 20.5 Å². The van der Waals surface area contributed by atoms with Crippen LogP contribution in [0.2, 0.25) is 0 Å². The van der Waals surface area contributed by atoms with E-state index in [0.717, 1.165) is 21.7 Å². The molecule has 1 aromatic carbocycles. The predicted molar refractivity (Wildman–Crippen MR) is 176 cm³/mol. The van der Waals surface area contributed by atoms with Crippen molar-refractivity contribution >= 4 is 34.8 Å². The van der Waals surface area contributed by atoms with Gasteiger partial charge in [-0.25, -0.2) is 4.98 Å². The molecule has 254 valence electrons. The van der Waals surface area contributed by atoms with Crippen molar-refractivity contribution in [3.8, 4) is 10.4 Å². The van der Waals surface area contributed by atoms with Crippen LogP contribution in [0.3, 0.4) is 0 Å². The first-order valence-corrected chi connectivity index (χ1v) is 16.7. The number of β-amino-alcohol motifs (C(OH)–C–C–N with tert-alkyl or cyclic N) is 1. The van der Waals surface area contributed by atoms with Gasteiger partial charge in [-0.2, -0.15) is 0 Å². The third-order valence-electron chi connectivity index (χ3n) is 7.72. The lowest BCUT2D eigenvalue weighted by Crippen LogP contribution is -2.57. The number of aromatic nitrogens is 1. The summed E-state index contributed by atoms with van der Waals surface area (Å²) in [5, 5.41) is 16.1. The molecule has 1 aliphatic rings. The monoisotopic (exact) mass is 659 g/mol. The van der Waals surface area contributed by atoms with Crippen LogP contribution in [-0.2, 0) is 35.2 Å². The number of carbonyl (C=O) groups is 4. The van der Waals surface area contributed by atoms with Crippen molar-refractivity contribution < 1.29 is 33.8 Å². The first kappa shape index (κ1) is 37.2. The number of hydrogen-bond acceptors (Lipinski definition) is 10. The third-order valence-corrected chi connectivity index (χ3v) is 8.70. The quantitative estimate of drug-likeness (QED) is 0.175. The highest BCUT2D eigenvalue weighted by Gasteiger charge is 2.44. The molecule has 0 bridgehead atoms. The SMILES string of the molecule is Cc1ncsc1-c1ccc(CNC(=O)[C@@H]2C[C@@H](O)CN2C(=O)[C@@H](NC(=O)CCC(=O)CCCOCCOCCN)C(C)(C)C)cc1. The van der Waals surface area contributed by atoms with Crippen LogP contribution in [0, 0.1) is 12.3 Å². The maximum Gasteiger partial charge on any atom is 0.246 e. The Morgan fingerprint density at radius 1 is 1.07 bits per heavy atom. The lowest BCUT2D eigenvalue weighted by molar-refractivity contribution is -0.144. The van der Waals surface area contributed by atoms with Crippen LogP contribution in [0.5, 0.6) is 0 Å². The molecule has 0 spiro atoms. The van der Waals surface area contributed by atoms with Gasteiger partial charge in [0.2, 0.25) is 17.7 Å². The second-order valence-corrected chi connectivity index (χ2v) is 13.5. The van der Waals surface area contributed by atoms with E-state index in [1.165, 1.54) is 4.90 Å². The summed E-state index contributed by atoms with van der Waals surface area (Å²) in [5.41, 5.74) is 9.39. The molecule has 5 N–H and O–H groups in total. The van der Waals surface area contributed by atoms with E-state index in [9.17, 15) is 24.3 Å². The zero-order chi connectivity index (χ0) is 33.7. The molecule has 1 saturated heterocycles. The molecule has 1 aromatic heterocycles. The number of carbonyl (C=O) groups excluding carboxylic acids is 4. The van der Waals surface area contributed by atoms with Gasteiger partial charge in [0.05, 0.1) is 42.0 Å². The Balaban J connectivity index is 1.50. The molecule has 0 aliphatic carbocycles. The highest BCUT2D eigenvalue weighted by Crippen LogP contribution is 2.28. The van der Waals surface area contributed by atoms with Crippen LogP contribution >= 0.6 is 11.3 Å². The zero-order valence-corrected chi connectivity index (χ0v) is 28.2. The molecule has 2 aromatic rings. The van der Waals surface area contributed by atoms with Crippen LogP contribution in [0.15, 0.2) is 29.8 Å². The van der Waals surface area contributed by atoms with Gasteiger partial charge in [0, 0.05) is 51.9 Å². The average Bonchev–Trinajstić information content (AvgIpc) is 3.63. The summed E-state index contributed by atoms with van der Waals surface area (Å²) in [5.74, 6) is -1.30. The Hall–Kier alpha value is -3.23. The van der Waals surface area contributed by atoms with Gasteiger partial charge in [0.15, 0.2) is 0 Å². The molecule has 12 nitrogen and oxygen atoms in total. The Morgan fingerprint density at radius 3 is 2.39 bits per heavy atom. The molecule has 0 radical (unpaired) electrons. The third kappa shape index (κ3) is 11.5. The van der Waals surface area contributed by atoms with Crippen molar-refractivity contribution in [3.63, 3.8) is 0 Å². The van der Waals surface area contributed by atoms with Gasteiger partial charge in [-0.15, -0.1) is 11.3 Å². The average molecular weight is 660 g/mol. The van der Waals surface area contributed by atoms with E-state index < -0.39 is 35.4 Å². The number of likely N-dealkylation sites (tertiary alicyclic amines) is 1. The van der Waals surface area contributed by atoms with E-state index in [0.29, 0.717) is 39.4 Å². The number of ketones is 1. The second kappa shape index (κ2) is 18.2. The van der Waals surface area contributed by atoms with Gasteiger partial charge in [0.1, 0.15) is 17.9 Å². The number of thiazole rings is 1. The first-order chi connectivity index (χ1) is 21.9. The summed E-state index contributed by atoms with van der Waals surface area (Å²) in [4.78, 5) is 59.0. The highest BCUT2D eigenvalue weighted by molar-refractivity contribution is 7.13. The molecule has 2 heterocycles. The fraction of sp³-hybridized carbons (Fsp3) is 0.606. The summed E-state index contributed by atoms with van der Waals surface area (Å²) in [6.45, 7) is 9.90. The summed E-state index contributed by atoms with van der Waals surface area (Å²) in [6, 6.07) is 6.02. The highest BCUT2D eigenvalue weighted by atomic mass is 32.1. The largest absolute Gasteiger partial charge is 0.391 e. The van der Waals surface area contributed by atoms with Gasteiger partial charge in [-0.3, -0.25) is 19.2 Å². The van der Waals surface area contributed by atoms with E-state index in [1.807, 2.05) is 57.5 Å². The van der Waals surface area contributed by atoms with Crippen molar-refractivity contribution in [1.29, 1.82) is 0 Å². The Labute approximate surface area is 275 Å². The van der Waals surface area contributed by atoms with E-state index in [4.69, 9.17) is 15.2 Å². The van der Waals surface area contributed by atoms with Crippen molar-refractivity contribution in [3.05, 3.63) is 41.0 Å². The number of nitrogens with one attached hydrogen (secondary N) is 2. The van der Waals surface area contributed by atoms with Crippen molar-refractivity contribution in [2.45, 2.75) is 84.5 Å². The lowest BCUT2D eigenvalue weighted by atomic mass is 9.85. The van der Waals surface area contributed by atoms with Crippen molar-refractivity contribution in [2.24, 2.45) is 11.1 Å². The van der Waals surface area contributed by atoms with Gasteiger partial charge < -0.3 is 35.8 Å². The number of rotatable bonds is 18. The number of ether oxygens (including phenoxy) is 2. The molecule has 1 aliphatic heterocycles. The number of aryl methyl sites for hydroxylation is 1. The van der Waals surface area contributed by atoms with Gasteiger partial charge in [-0.05, 0) is 29.9 Å². The Bertz CT molecular complexity index is 1290. The van der Waals surface area contributed by atoms with E-state index in [2.05, 4.69) is 15.6 Å². The lowest BCUT2D eigenvalue weighted by Gasteiger charge is -2.35. The fourth-order valence-electron chi connectivity index (χ4n) is 5.17. The maximum atomic E-state index is 13.8. The van der Waals surface area contributed by atoms with Crippen LogP contribution in [-0.4, -0.2) is 96.2 Å². The minimum absolute atomic E-state index is 0.0119. The normalized spacial score (nSPS) is 17.1. The molecule has 1 fully saturated rings. The number of nitrogens with two attached hydrogens (primary N) is 1. The second-order valence-electron chi connectivity index (χ2n) is 12.6. The first-order valence-electron chi connectivity index (χ1n) is 15.8. The molecule has 13 heteroatoms. The summed E-state index contributed by atoms with van der Waals surface area (Å²) >= 11 is 1.57. The Morgan fingerprint density at radius 2 is 1.76 bits per heavy atom. The maximum absolute atomic E-state index is 13.8.